The standard InChI is InChI=1S/C19H28N2O3/c1-13-8-9-20-16(10-13)19(23)11-14-6-5-7-15(12-19)21(14)17(22)24-18(2,3)4/h8-10,14-15,23H,5-7,11-12H2,1-4H3. The highest BCUT2D eigenvalue weighted by Gasteiger charge is 2.49. The molecule has 2 aliphatic rings. The normalized spacial score (nSPS) is 30.1. The molecule has 0 spiro atoms. The van der Waals surface area contributed by atoms with Gasteiger partial charge in [-0.25, -0.2) is 4.79 Å². The molecule has 5 nitrogen and oxygen atoms in total. The van der Waals surface area contributed by atoms with Gasteiger partial charge in [0, 0.05) is 31.1 Å². The van der Waals surface area contributed by atoms with E-state index in [0.717, 1.165) is 30.5 Å². The lowest BCUT2D eigenvalue weighted by Gasteiger charge is -2.51. The summed E-state index contributed by atoms with van der Waals surface area (Å²) in [4.78, 5) is 18.9. The molecule has 3 rings (SSSR count). The first-order valence-corrected chi connectivity index (χ1v) is 8.85. The van der Waals surface area contributed by atoms with Crippen molar-refractivity contribution in [3.8, 4) is 0 Å². The molecule has 2 saturated heterocycles. The van der Waals surface area contributed by atoms with Crippen molar-refractivity contribution >= 4 is 6.09 Å². The van der Waals surface area contributed by atoms with Gasteiger partial charge in [-0.05, 0) is 64.7 Å². The van der Waals surface area contributed by atoms with Crippen LogP contribution in [0.5, 0.6) is 0 Å². The van der Waals surface area contributed by atoms with E-state index in [1.165, 1.54) is 0 Å². The van der Waals surface area contributed by atoms with Crippen molar-refractivity contribution in [2.24, 2.45) is 0 Å². The van der Waals surface area contributed by atoms with Crippen LogP contribution in [0.25, 0.3) is 0 Å². The summed E-state index contributed by atoms with van der Waals surface area (Å²) >= 11 is 0. The minimum Gasteiger partial charge on any atom is -0.444 e. The zero-order chi connectivity index (χ0) is 17.5. The predicted octanol–water partition coefficient (Wildman–Crippen LogP) is 3.53. The molecule has 1 aromatic heterocycles. The Morgan fingerprint density at radius 3 is 2.50 bits per heavy atom. The van der Waals surface area contributed by atoms with Gasteiger partial charge in [0.25, 0.3) is 0 Å². The Kier molecular flexibility index (Phi) is 4.32. The number of nitrogens with zero attached hydrogens (tertiary/aromatic N) is 2. The summed E-state index contributed by atoms with van der Waals surface area (Å²) in [5.74, 6) is 0. The molecule has 0 radical (unpaired) electrons. The number of ether oxygens (including phenoxy) is 1. The van der Waals surface area contributed by atoms with Crippen molar-refractivity contribution in [1.29, 1.82) is 0 Å². The second kappa shape index (κ2) is 6.03. The van der Waals surface area contributed by atoms with E-state index >= 15 is 0 Å². The molecular formula is C19H28N2O3. The fourth-order valence-corrected chi connectivity index (χ4v) is 4.04. The first-order chi connectivity index (χ1) is 11.2. The minimum absolute atomic E-state index is 0.0136. The number of aryl methyl sites for hydroxylation is 1. The Hall–Kier alpha value is -1.62. The number of hydrogen-bond donors (Lipinski definition) is 1. The van der Waals surface area contributed by atoms with Crippen LogP contribution in [0, 0.1) is 6.92 Å². The van der Waals surface area contributed by atoms with Crippen LogP contribution in [-0.4, -0.2) is 38.8 Å². The van der Waals surface area contributed by atoms with Crippen LogP contribution in [0.3, 0.4) is 0 Å². The lowest BCUT2D eigenvalue weighted by Crippen LogP contribution is -2.59. The van der Waals surface area contributed by atoms with Gasteiger partial charge in [0.2, 0.25) is 0 Å². The molecule has 1 aromatic rings. The molecule has 3 heterocycles. The molecule has 2 bridgehead atoms. The second-order valence-corrected chi connectivity index (χ2v) is 8.28. The highest BCUT2D eigenvalue weighted by atomic mass is 16.6. The van der Waals surface area contributed by atoms with Gasteiger partial charge >= 0.3 is 6.09 Å². The Morgan fingerprint density at radius 2 is 1.96 bits per heavy atom. The quantitative estimate of drug-likeness (QED) is 0.854. The largest absolute Gasteiger partial charge is 0.444 e. The predicted molar refractivity (Wildman–Crippen MR) is 91.6 cm³/mol. The number of piperidine rings is 2. The van der Waals surface area contributed by atoms with Gasteiger partial charge in [-0.15, -0.1) is 0 Å². The number of hydrogen-bond acceptors (Lipinski definition) is 4. The van der Waals surface area contributed by atoms with Crippen molar-refractivity contribution in [3.63, 3.8) is 0 Å². The molecule has 1 amide bonds. The smallest absolute Gasteiger partial charge is 0.410 e. The topological polar surface area (TPSA) is 62.7 Å². The highest BCUT2D eigenvalue weighted by molar-refractivity contribution is 5.69. The van der Waals surface area contributed by atoms with Gasteiger partial charge in [0.1, 0.15) is 11.2 Å². The number of aliphatic hydroxyl groups is 1. The zero-order valence-electron chi connectivity index (χ0n) is 15.1. The molecule has 24 heavy (non-hydrogen) atoms. The van der Waals surface area contributed by atoms with Gasteiger partial charge in [-0.3, -0.25) is 4.98 Å². The molecule has 0 aromatic carbocycles. The van der Waals surface area contributed by atoms with E-state index in [-0.39, 0.29) is 18.2 Å². The van der Waals surface area contributed by atoms with Crippen LogP contribution in [0.1, 0.15) is 64.1 Å². The van der Waals surface area contributed by atoms with Gasteiger partial charge in [-0.2, -0.15) is 0 Å². The number of fused-ring (bicyclic) bond motifs is 2. The second-order valence-electron chi connectivity index (χ2n) is 8.28. The molecule has 2 fully saturated rings. The Morgan fingerprint density at radius 1 is 1.33 bits per heavy atom. The lowest BCUT2D eigenvalue weighted by molar-refractivity contribution is -0.0984. The number of aromatic nitrogens is 1. The fraction of sp³-hybridized carbons (Fsp3) is 0.684. The lowest BCUT2D eigenvalue weighted by atomic mass is 9.74. The average Bonchev–Trinajstić information content (AvgIpc) is 2.44. The molecule has 1 N–H and O–H groups in total. The van der Waals surface area contributed by atoms with E-state index in [1.807, 2.05) is 44.7 Å². The summed E-state index contributed by atoms with van der Waals surface area (Å²) in [5.41, 5.74) is 0.355. The molecular weight excluding hydrogens is 304 g/mol. The molecule has 2 atom stereocenters. The van der Waals surface area contributed by atoms with Gasteiger partial charge < -0.3 is 14.7 Å². The van der Waals surface area contributed by atoms with Gasteiger partial charge in [0.15, 0.2) is 0 Å². The zero-order valence-corrected chi connectivity index (χ0v) is 15.1. The average molecular weight is 332 g/mol. The number of amides is 1. The summed E-state index contributed by atoms with van der Waals surface area (Å²) in [6, 6.07) is 3.92. The monoisotopic (exact) mass is 332 g/mol. The first kappa shape index (κ1) is 17.2. The van der Waals surface area contributed by atoms with E-state index < -0.39 is 11.2 Å². The van der Waals surface area contributed by atoms with E-state index in [4.69, 9.17) is 4.74 Å². The van der Waals surface area contributed by atoms with Gasteiger partial charge in [-0.1, -0.05) is 0 Å². The maximum Gasteiger partial charge on any atom is 0.410 e. The highest BCUT2D eigenvalue weighted by Crippen LogP contribution is 2.44. The maximum absolute atomic E-state index is 12.6. The molecule has 5 heteroatoms. The van der Waals surface area contributed by atoms with E-state index in [9.17, 15) is 9.90 Å². The van der Waals surface area contributed by atoms with Crippen LogP contribution >= 0.6 is 0 Å². The Labute approximate surface area is 144 Å². The summed E-state index contributed by atoms with van der Waals surface area (Å²) in [6.45, 7) is 7.66. The Bertz CT molecular complexity index is 609. The first-order valence-electron chi connectivity index (χ1n) is 8.85. The van der Waals surface area contributed by atoms with Crippen LogP contribution in [0.4, 0.5) is 4.79 Å². The van der Waals surface area contributed by atoms with Crippen molar-refractivity contribution in [2.45, 2.75) is 83.1 Å². The number of rotatable bonds is 1. The number of carbonyl (C=O) groups excluding carboxylic acids is 1. The summed E-state index contributed by atoms with van der Waals surface area (Å²) in [6.07, 6.45) is 5.45. The van der Waals surface area contributed by atoms with E-state index in [1.54, 1.807) is 6.20 Å². The third-order valence-corrected chi connectivity index (χ3v) is 5.00. The van der Waals surface area contributed by atoms with Crippen LogP contribution in [0.2, 0.25) is 0 Å². The Balaban J connectivity index is 1.84. The molecule has 0 aliphatic carbocycles. The van der Waals surface area contributed by atoms with Crippen molar-refractivity contribution in [1.82, 2.24) is 9.88 Å². The SMILES string of the molecule is Cc1ccnc(C2(O)CC3CCCC(C2)N3C(=O)OC(C)(C)C)c1. The molecule has 2 aliphatic heterocycles. The van der Waals surface area contributed by atoms with Gasteiger partial charge in [0.05, 0.1) is 5.69 Å². The minimum atomic E-state index is -0.958. The van der Waals surface area contributed by atoms with Crippen LogP contribution in [-0.2, 0) is 10.3 Å². The molecule has 132 valence electrons. The summed E-state index contributed by atoms with van der Waals surface area (Å²) < 4.78 is 5.60. The van der Waals surface area contributed by atoms with E-state index in [0.29, 0.717) is 12.8 Å². The molecule has 2 unspecified atom stereocenters. The fourth-order valence-electron chi connectivity index (χ4n) is 4.04. The number of carbonyl (C=O) groups is 1. The summed E-state index contributed by atoms with van der Waals surface area (Å²) in [5, 5.41) is 11.3. The van der Waals surface area contributed by atoms with Crippen LogP contribution < -0.4 is 0 Å². The maximum atomic E-state index is 12.6. The van der Waals surface area contributed by atoms with Crippen molar-refractivity contribution in [3.05, 3.63) is 29.6 Å². The third-order valence-electron chi connectivity index (χ3n) is 5.00. The van der Waals surface area contributed by atoms with Crippen molar-refractivity contribution < 1.29 is 14.6 Å². The van der Waals surface area contributed by atoms with Crippen LogP contribution in [0.15, 0.2) is 18.3 Å². The van der Waals surface area contributed by atoms with Crippen molar-refractivity contribution in [2.75, 3.05) is 0 Å². The molecule has 0 saturated carbocycles. The number of pyridine rings is 1. The third kappa shape index (κ3) is 3.41. The van der Waals surface area contributed by atoms with E-state index in [2.05, 4.69) is 4.98 Å². The summed E-state index contributed by atoms with van der Waals surface area (Å²) in [7, 11) is 0.